The molecule has 1 heterocycles. The SMILES string of the molecule is CS[C@]1(C)C(=O)Nc2ccccc21. The number of nitrogens with one attached hydrogen (secondary N) is 1. The summed E-state index contributed by atoms with van der Waals surface area (Å²) < 4.78 is -0.406. The Balaban J connectivity index is 2.59. The number of amides is 1. The standard InChI is InChI=1S/C10H11NOS/c1-10(13-2)7-5-3-4-6-8(7)11-9(10)12/h3-6H,1-2H3,(H,11,12)/t10-/m0/s1. The molecule has 2 rings (SSSR count). The van der Waals surface area contributed by atoms with E-state index in [2.05, 4.69) is 5.32 Å². The molecule has 1 N–H and O–H groups in total. The molecule has 1 amide bonds. The number of fused-ring (bicyclic) bond motifs is 1. The quantitative estimate of drug-likeness (QED) is 0.741. The van der Waals surface area contributed by atoms with Crippen LogP contribution in [0.2, 0.25) is 0 Å². The summed E-state index contributed by atoms with van der Waals surface area (Å²) in [7, 11) is 0. The molecule has 1 aliphatic rings. The lowest BCUT2D eigenvalue weighted by molar-refractivity contribution is -0.117. The van der Waals surface area contributed by atoms with Crippen molar-refractivity contribution in [1.29, 1.82) is 0 Å². The third-order valence-electron chi connectivity index (χ3n) is 2.53. The molecule has 2 nitrogen and oxygen atoms in total. The van der Waals surface area contributed by atoms with E-state index in [9.17, 15) is 4.79 Å². The average molecular weight is 193 g/mol. The number of thioether (sulfide) groups is 1. The molecule has 3 heteroatoms. The second kappa shape index (κ2) is 2.77. The second-order valence-corrected chi connectivity index (χ2v) is 4.46. The van der Waals surface area contributed by atoms with Gasteiger partial charge in [0.2, 0.25) is 5.91 Å². The fourth-order valence-electron chi connectivity index (χ4n) is 1.57. The van der Waals surface area contributed by atoms with E-state index in [1.807, 2.05) is 37.4 Å². The first-order valence-corrected chi connectivity index (χ1v) is 5.37. The van der Waals surface area contributed by atoms with Crippen molar-refractivity contribution in [3.8, 4) is 0 Å². The van der Waals surface area contributed by atoms with Crippen molar-refractivity contribution in [2.45, 2.75) is 11.7 Å². The molecule has 68 valence electrons. The van der Waals surface area contributed by atoms with Crippen molar-refractivity contribution in [3.05, 3.63) is 29.8 Å². The van der Waals surface area contributed by atoms with Crippen LogP contribution in [-0.2, 0) is 9.54 Å². The molecule has 1 aliphatic heterocycles. The van der Waals surface area contributed by atoms with Crippen molar-refractivity contribution in [2.75, 3.05) is 11.6 Å². The van der Waals surface area contributed by atoms with Crippen molar-refractivity contribution < 1.29 is 4.79 Å². The van der Waals surface area contributed by atoms with E-state index in [1.54, 1.807) is 11.8 Å². The van der Waals surface area contributed by atoms with Crippen LogP contribution in [0.3, 0.4) is 0 Å². The predicted octanol–water partition coefficient (Wildman–Crippen LogP) is 2.22. The van der Waals surface area contributed by atoms with Crippen LogP contribution in [0.1, 0.15) is 12.5 Å². The monoisotopic (exact) mass is 193 g/mol. The highest BCUT2D eigenvalue weighted by Gasteiger charge is 2.41. The molecule has 0 aromatic heterocycles. The van der Waals surface area contributed by atoms with Crippen molar-refractivity contribution in [2.24, 2.45) is 0 Å². The minimum absolute atomic E-state index is 0.0844. The third-order valence-corrected chi connectivity index (χ3v) is 3.75. The first-order valence-electron chi connectivity index (χ1n) is 4.14. The second-order valence-electron chi connectivity index (χ2n) is 3.24. The molecule has 1 aromatic carbocycles. The number of carbonyl (C=O) groups is 1. The predicted molar refractivity (Wildman–Crippen MR) is 55.9 cm³/mol. The summed E-state index contributed by atoms with van der Waals surface area (Å²) in [5, 5.41) is 2.88. The van der Waals surface area contributed by atoms with Gasteiger partial charge in [-0.1, -0.05) is 18.2 Å². The number of carbonyl (C=O) groups excluding carboxylic acids is 1. The summed E-state index contributed by atoms with van der Waals surface area (Å²) in [5.74, 6) is 0.0844. The van der Waals surface area contributed by atoms with Gasteiger partial charge in [0.05, 0.1) is 0 Å². The van der Waals surface area contributed by atoms with Crippen LogP contribution < -0.4 is 5.32 Å². The normalized spacial score (nSPS) is 25.5. The Bertz CT molecular complexity index is 364. The third kappa shape index (κ3) is 1.07. The van der Waals surface area contributed by atoms with Gasteiger partial charge in [-0.3, -0.25) is 4.79 Å². The van der Waals surface area contributed by atoms with Gasteiger partial charge in [0.25, 0.3) is 0 Å². The highest BCUT2D eigenvalue weighted by Crippen LogP contribution is 2.43. The molecule has 1 aromatic rings. The van der Waals surface area contributed by atoms with Gasteiger partial charge in [0.15, 0.2) is 0 Å². The Morgan fingerprint density at radius 1 is 1.38 bits per heavy atom. The van der Waals surface area contributed by atoms with Crippen LogP contribution in [-0.4, -0.2) is 12.2 Å². The topological polar surface area (TPSA) is 29.1 Å². The first kappa shape index (κ1) is 8.63. The molecule has 0 saturated heterocycles. The van der Waals surface area contributed by atoms with Gasteiger partial charge in [-0.15, -0.1) is 11.8 Å². The number of para-hydroxylation sites is 1. The molecule has 0 aliphatic carbocycles. The van der Waals surface area contributed by atoms with Crippen LogP contribution in [0.25, 0.3) is 0 Å². The summed E-state index contributed by atoms with van der Waals surface area (Å²) in [6.07, 6.45) is 1.96. The van der Waals surface area contributed by atoms with Crippen molar-refractivity contribution in [3.63, 3.8) is 0 Å². The van der Waals surface area contributed by atoms with Gasteiger partial charge in [0, 0.05) is 11.3 Å². The number of hydrogen-bond donors (Lipinski definition) is 1. The molecule has 0 unspecified atom stereocenters. The maximum absolute atomic E-state index is 11.7. The van der Waals surface area contributed by atoms with E-state index in [0.29, 0.717) is 0 Å². The molecule has 0 fully saturated rings. The zero-order chi connectivity index (χ0) is 9.47. The van der Waals surface area contributed by atoms with E-state index in [-0.39, 0.29) is 5.91 Å². The lowest BCUT2D eigenvalue weighted by atomic mass is 10.0. The van der Waals surface area contributed by atoms with E-state index >= 15 is 0 Å². The number of rotatable bonds is 1. The molecule has 0 radical (unpaired) electrons. The summed E-state index contributed by atoms with van der Waals surface area (Å²) in [4.78, 5) is 11.7. The fourth-order valence-corrected chi connectivity index (χ4v) is 2.21. The van der Waals surface area contributed by atoms with Crippen LogP contribution in [0.4, 0.5) is 5.69 Å². The zero-order valence-electron chi connectivity index (χ0n) is 7.63. The number of benzene rings is 1. The largest absolute Gasteiger partial charge is 0.324 e. The minimum Gasteiger partial charge on any atom is -0.324 e. The molecule has 0 saturated carbocycles. The lowest BCUT2D eigenvalue weighted by Gasteiger charge is -2.18. The molecule has 13 heavy (non-hydrogen) atoms. The molecule has 0 spiro atoms. The fraction of sp³-hybridized carbons (Fsp3) is 0.300. The number of anilines is 1. The Morgan fingerprint density at radius 3 is 2.77 bits per heavy atom. The summed E-state index contributed by atoms with van der Waals surface area (Å²) >= 11 is 1.57. The number of hydrogen-bond acceptors (Lipinski definition) is 2. The van der Waals surface area contributed by atoms with Crippen LogP contribution in [0, 0.1) is 0 Å². The molecular formula is C10H11NOS. The summed E-state index contributed by atoms with van der Waals surface area (Å²) in [6, 6.07) is 7.84. The Kier molecular flexibility index (Phi) is 1.84. The van der Waals surface area contributed by atoms with Crippen LogP contribution >= 0.6 is 11.8 Å². The van der Waals surface area contributed by atoms with E-state index in [4.69, 9.17) is 0 Å². The van der Waals surface area contributed by atoms with E-state index in [1.165, 1.54) is 0 Å². The van der Waals surface area contributed by atoms with Gasteiger partial charge in [-0.2, -0.15) is 0 Å². The summed E-state index contributed by atoms with van der Waals surface area (Å²) in [6.45, 7) is 1.96. The van der Waals surface area contributed by atoms with Crippen LogP contribution in [0.15, 0.2) is 24.3 Å². The molecule has 1 atom stereocenters. The zero-order valence-corrected chi connectivity index (χ0v) is 8.44. The van der Waals surface area contributed by atoms with Crippen molar-refractivity contribution in [1.82, 2.24) is 0 Å². The Labute approximate surface area is 81.7 Å². The first-order chi connectivity index (χ1) is 6.18. The maximum Gasteiger partial charge on any atom is 0.244 e. The summed E-state index contributed by atoms with van der Waals surface area (Å²) in [5.41, 5.74) is 2.04. The average Bonchev–Trinajstić information content (AvgIpc) is 2.41. The van der Waals surface area contributed by atoms with E-state index < -0.39 is 4.75 Å². The van der Waals surface area contributed by atoms with Gasteiger partial charge < -0.3 is 5.32 Å². The Morgan fingerprint density at radius 2 is 2.08 bits per heavy atom. The van der Waals surface area contributed by atoms with Gasteiger partial charge >= 0.3 is 0 Å². The lowest BCUT2D eigenvalue weighted by Crippen LogP contribution is -2.26. The maximum atomic E-state index is 11.7. The Hall–Kier alpha value is -0.960. The molecule has 0 bridgehead atoms. The van der Waals surface area contributed by atoms with Crippen molar-refractivity contribution >= 4 is 23.4 Å². The van der Waals surface area contributed by atoms with E-state index in [0.717, 1.165) is 11.3 Å². The van der Waals surface area contributed by atoms with Gasteiger partial charge in [-0.05, 0) is 19.2 Å². The minimum atomic E-state index is -0.406. The highest BCUT2D eigenvalue weighted by molar-refractivity contribution is 8.00. The van der Waals surface area contributed by atoms with Gasteiger partial charge in [0.1, 0.15) is 4.75 Å². The van der Waals surface area contributed by atoms with Gasteiger partial charge in [-0.25, -0.2) is 0 Å². The highest BCUT2D eigenvalue weighted by atomic mass is 32.2. The van der Waals surface area contributed by atoms with Crippen LogP contribution in [0.5, 0.6) is 0 Å². The molecular weight excluding hydrogens is 182 g/mol. The smallest absolute Gasteiger partial charge is 0.244 e.